The minimum Gasteiger partial charge on any atom is -0.495 e. The summed E-state index contributed by atoms with van der Waals surface area (Å²) >= 11 is 0. The lowest BCUT2D eigenvalue weighted by atomic mass is 10.1. The molecule has 0 atom stereocenters. The Hall–Kier alpha value is -3.08. The van der Waals surface area contributed by atoms with Crippen molar-refractivity contribution in [3.8, 4) is 5.75 Å². The molecule has 5 nitrogen and oxygen atoms in total. The van der Waals surface area contributed by atoms with Crippen LogP contribution in [-0.4, -0.2) is 17.6 Å². The molecule has 0 fully saturated rings. The maximum Gasteiger partial charge on any atom is 0.267 e. The Morgan fingerprint density at radius 1 is 1.12 bits per heavy atom. The molecular formula is C19H16N2O3. The van der Waals surface area contributed by atoms with Crippen molar-refractivity contribution in [2.75, 3.05) is 12.4 Å². The summed E-state index contributed by atoms with van der Waals surface area (Å²) in [6, 6.07) is 14.9. The highest BCUT2D eigenvalue weighted by molar-refractivity contribution is 6.09. The van der Waals surface area contributed by atoms with E-state index in [9.17, 15) is 9.59 Å². The number of aromatic nitrogens is 1. The van der Waals surface area contributed by atoms with Crippen LogP contribution in [0.25, 0.3) is 10.9 Å². The molecule has 0 spiro atoms. The lowest BCUT2D eigenvalue weighted by Gasteiger charge is -2.14. The minimum atomic E-state index is -0.453. The van der Waals surface area contributed by atoms with Gasteiger partial charge in [0.1, 0.15) is 11.3 Å². The smallest absolute Gasteiger partial charge is 0.267 e. The van der Waals surface area contributed by atoms with Gasteiger partial charge in [0.05, 0.1) is 12.6 Å². The van der Waals surface area contributed by atoms with E-state index in [4.69, 9.17) is 4.74 Å². The van der Waals surface area contributed by atoms with Crippen molar-refractivity contribution in [1.29, 1.82) is 0 Å². The van der Waals surface area contributed by atoms with Crippen LogP contribution in [0.4, 0.5) is 5.69 Å². The highest BCUT2D eigenvalue weighted by Crippen LogP contribution is 2.33. The third kappa shape index (κ3) is 2.09. The Bertz CT molecular complexity index is 1010. The number of nitrogens with one attached hydrogen (secondary N) is 1. The van der Waals surface area contributed by atoms with Crippen LogP contribution in [0.5, 0.6) is 5.75 Å². The van der Waals surface area contributed by atoms with Gasteiger partial charge in [0, 0.05) is 17.6 Å². The highest BCUT2D eigenvalue weighted by atomic mass is 16.5. The fourth-order valence-corrected chi connectivity index (χ4v) is 3.34. The molecule has 1 aliphatic heterocycles. The van der Waals surface area contributed by atoms with Crippen LogP contribution in [0.2, 0.25) is 0 Å². The molecular weight excluding hydrogens is 304 g/mol. The van der Waals surface area contributed by atoms with Gasteiger partial charge in [-0.25, -0.2) is 0 Å². The Kier molecular flexibility index (Phi) is 3.34. The first-order valence-electron chi connectivity index (χ1n) is 7.79. The molecule has 2 heterocycles. The SMILES string of the molecule is COc1c(C(=O)Nc2ccccc2)c(=O)n2c3c(cccc13)CC2. The maximum absolute atomic E-state index is 12.9. The molecule has 24 heavy (non-hydrogen) atoms. The van der Waals surface area contributed by atoms with Gasteiger partial charge in [-0.15, -0.1) is 0 Å². The normalized spacial score (nSPS) is 12.4. The average Bonchev–Trinajstić information content (AvgIpc) is 3.04. The lowest BCUT2D eigenvalue weighted by molar-refractivity contribution is 0.102. The van der Waals surface area contributed by atoms with E-state index in [1.165, 1.54) is 7.11 Å². The molecule has 0 radical (unpaired) electrons. The van der Waals surface area contributed by atoms with Crippen LogP contribution >= 0.6 is 0 Å². The van der Waals surface area contributed by atoms with Gasteiger partial charge in [-0.2, -0.15) is 0 Å². The average molecular weight is 320 g/mol. The second-order valence-corrected chi connectivity index (χ2v) is 5.75. The monoisotopic (exact) mass is 320 g/mol. The van der Waals surface area contributed by atoms with Crippen LogP contribution < -0.4 is 15.6 Å². The molecule has 1 aromatic heterocycles. The Morgan fingerprint density at radius 3 is 2.67 bits per heavy atom. The van der Waals surface area contributed by atoms with Gasteiger partial charge in [-0.05, 0) is 30.2 Å². The van der Waals surface area contributed by atoms with Gasteiger partial charge < -0.3 is 14.6 Å². The standard InChI is InChI=1S/C19H16N2O3/c1-24-17-14-9-5-6-12-10-11-21(16(12)14)19(23)15(17)18(22)20-13-7-3-2-4-8-13/h2-9H,10-11H2,1H3,(H,20,22). The first kappa shape index (κ1) is 14.5. The molecule has 0 saturated carbocycles. The first-order chi connectivity index (χ1) is 11.7. The van der Waals surface area contributed by atoms with Gasteiger partial charge in [-0.3, -0.25) is 9.59 Å². The number of aryl methyl sites for hydroxylation is 2. The molecule has 1 N–H and O–H groups in total. The van der Waals surface area contributed by atoms with Crippen LogP contribution in [-0.2, 0) is 13.0 Å². The Balaban J connectivity index is 1.92. The molecule has 4 rings (SSSR count). The van der Waals surface area contributed by atoms with Crippen molar-refractivity contribution in [2.45, 2.75) is 13.0 Å². The van der Waals surface area contributed by atoms with E-state index >= 15 is 0 Å². The molecule has 0 aliphatic carbocycles. The number of hydrogen-bond donors (Lipinski definition) is 1. The molecule has 1 aliphatic rings. The largest absolute Gasteiger partial charge is 0.495 e. The number of carbonyl (C=O) groups excluding carboxylic acids is 1. The van der Waals surface area contributed by atoms with Crippen molar-refractivity contribution in [2.24, 2.45) is 0 Å². The zero-order chi connectivity index (χ0) is 16.7. The predicted octanol–water partition coefficient (Wildman–Crippen LogP) is 2.82. The fourth-order valence-electron chi connectivity index (χ4n) is 3.34. The lowest BCUT2D eigenvalue weighted by Crippen LogP contribution is -2.29. The van der Waals surface area contributed by atoms with E-state index < -0.39 is 5.91 Å². The molecule has 120 valence electrons. The molecule has 1 amide bonds. The fraction of sp³-hybridized carbons (Fsp3) is 0.158. The zero-order valence-electron chi connectivity index (χ0n) is 13.2. The van der Waals surface area contributed by atoms with Crippen LogP contribution in [0.3, 0.4) is 0 Å². The van der Waals surface area contributed by atoms with E-state index in [1.54, 1.807) is 16.7 Å². The van der Waals surface area contributed by atoms with Gasteiger partial charge in [0.2, 0.25) is 0 Å². The molecule has 0 bridgehead atoms. The Morgan fingerprint density at radius 2 is 1.92 bits per heavy atom. The summed E-state index contributed by atoms with van der Waals surface area (Å²) in [6.07, 6.45) is 0.791. The number of rotatable bonds is 3. The maximum atomic E-state index is 12.9. The van der Waals surface area contributed by atoms with Crippen molar-refractivity contribution in [3.05, 3.63) is 70.0 Å². The number of amides is 1. The predicted molar refractivity (Wildman–Crippen MR) is 92.9 cm³/mol. The molecule has 2 aromatic carbocycles. The van der Waals surface area contributed by atoms with Gasteiger partial charge >= 0.3 is 0 Å². The topological polar surface area (TPSA) is 60.3 Å². The van der Waals surface area contributed by atoms with Gasteiger partial charge in [0.25, 0.3) is 11.5 Å². The molecule has 0 unspecified atom stereocenters. The van der Waals surface area contributed by atoms with Crippen LogP contribution in [0, 0.1) is 0 Å². The number of methoxy groups -OCH3 is 1. The number of hydrogen-bond acceptors (Lipinski definition) is 3. The number of pyridine rings is 1. The van der Waals surface area contributed by atoms with Gasteiger partial charge in [-0.1, -0.05) is 30.3 Å². The summed E-state index contributed by atoms with van der Waals surface area (Å²) < 4.78 is 7.14. The third-order valence-electron chi connectivity index (χ3n) is 4.39. The number of nitrogens with zero attached hydrogens (tertiary/aromatic N) is 1. The summed E-state index contributed by atoms with van der Waals surface area (Å²) in [4.78, 5) is 25.6. The third-order valence-corrected chi connectivity index (χ3v) is 4.39. The molecule has 5 heteroatoms. The number of ether oxygens (including phenoxy) is 1. The second-order valence-electron chi connectivity index (χ2n) is 5.75. The number of carbonyl (C=O) groups is 1. The second kappa shape index (κ2) is 5.53. The van der Waals surface area contributed by atoms with Crippen molar-refractivity contribution in [3.63, 3.8) is 0 Å². The van der Waals surface area contributed by atoms with E-state index in [0.717, 1.165) is 22.9 Å². The quantitative estimate of drug-likeness (QED) is 0.807. The number of para-hydroxylation sites is 2. The molecule has 0 saturated heterocycles. The summed E-state index contributed by atoms with van der Waals surface area (Å²) in [5.41, 5.74) is 2.36. The highest BCUT2D eigenvalue weighted by Gasteiger charge is 2.26. The van der Waals surface area contributed by atoms with Crippen LogP contribution in [0.1, 0.15) is 15.9 Å². The van der Waals surface area contributed by atoms with Gasteiger partial charge in [0.15, 0.2) is 0 Å². The summed E-state index contributed by atoms with van der Waals surface area (Å²) in [5.74, 6) is -0.116. The summed E-state index contributed by atoms with van der Waals surface area (Å²) in [5, 5.41) is 3.57. The number of anilines is 1. The van der Waals surface area contributed by atoms with Crippen LogP contribution in [0.15, 0.2) is 53.3 Å². The van der Waals surface area contributed by atoms with Crippen molar-refractivity contribution >= 4 is 22.5 Å². The summed E-state index contributed by atoms with van der Waals surface area (Å²) in [6.45, 7) is 0.588. The summed E-state index contributed by atoms with van der Waals surface area (Å²) in [7, 11) is 1.49. The van der Waals surface area contributed by atoms with Crippen molar-refractivity contribution in [1.82, 2.24) is 4.57 Å². The van der Waals surface area contributed by atoms with E-state index in [-0.39, 0.29) is 11.1 Å². The van der Waals surface area contributed by atoms with E-state index in [0.29, 0.717) is 18.0 Å². The molecule has 3 aromatic rings. The minimum absolute atomic E-state index is 0.0490. The van der Waals surface area contributed by atoms with E-state index in [1.807, 2.05) is 36.4 Å². The number of benzene rings is 2. The zero-order valence-corrected chi connectivity index (χ0v) is 13.2. The van der Waals surface area contributed by atoms with E-state index in [2.05, 4.69) is 5.32 Å². The van der Waals surface area contributed by atoms with Crippen molar-refractivity contribution < 1.29 is 9.53 Å². The first-order valence-corrected chi connectivity index (χ1v) is 7.79. The Labute approximate surface area is 138 Å².